The molecule has 0 spiro atoms. The Bertz CT molecular complexity index is 1540. The highest BCUT2D eigenvalue weighted by Crippen LogP contribution is 2.45. The number of benzene rings is 2. The molecule has 0 aliphatic carbocycles. The van der Waals surface area contributed by atoms with Gasteiger partial charge < -0.3 is 74.8 Å². The molecule has 0 saturated carbocycles. The number of phenols is 3. The maximum Gasteiger partial charge on any atom is 0.197 e. The van der Waals surface area contributed by atoms with Crippen LogP contribution < -0.4 is 10.2 Å². The number of phenolic OH excluding ortho intramolecular Hbond substituents is 3. The molecule has 2 saturated heterocycles. The Kier molecular flexibility index (Phi) is 8.52. The van der Waals surface area contributed by atoms with E-state index in [4.69, 9.17) is 18.6 Å². The lowest BCUT2D eigenvalue weighted by Crippen LogP contribution is -2.58. The Balaban J connectivity index is 1.41. The van der Waals surface area contributed by atoms with Crippen molar-refractivity contribution in [1.29, 1.82) is 0 Å². The summed E-state index contributed by atoms with van der Waals surface area (Å²) in [5.41, 5.74) is -1.43. The third-order valence-corrected chi connectivity index (χ3v) is 7.52. The number of ether oxygens (including phenoxy) is 3. The molecule has 16 heteroatoms. The topological polar surface area (TPSA) is 280 Å². The van der Waals surface area contributed by atoms with Crippen LogP contribution in [0.5, 0.6) is 23.0 Å². The number of hydrogen-bond acceptors (Lipinski definition) is 16. The molecule has 2 aliphatic rings. The first-order valence-corrected chi connectivity index (χ1v) is 13.0. The van der Waals surface area contributed by atoms with Gasteiger partial charge in [0.15, 0.2) is 23.2 Å². The van der Waals surface area contributed by atoms with Crippen LogP contribution in [0.1, 0.15) is 11.7 Å². The fraction of sp³-hybridized carbons (Fsp3) is 0.444. The second-order valence-corrected chi connectivity index (χ2v) is 10.3. The SMILES string of the molecule is O=c1cc(-c2ccc(OC[C@H]3O[C@@H](O)[C@H](O)[C@@H](O)[C@@H]3O)c(O)c2)oc2cc(O)c([C@@H]3O[C@H](CO)[C@@H](O)[C@H](O)[C@H]3O)c(O)c12. The molecule has 11 N–H and O–H groups in total. The van der Waals surface area contributed by atoms with Crippen molar-refractivity contribution in [3.05, 3.63) is 46.1 Å². The first-order valence-electron chi connectivity index (χ1n) is 13.0. The predicted octanol–water partition coefficient (Wildman–Crippen LogP) is -2.73. The van der Waals surface area contributed by atoms with Crippen LogP contribution in [0.3, 0.4) is 0 Å². The molecular weight excluding hydrogens is 580 g/mol. The van der Waals surface area contributed by atoms with Crippen LogP contribution >= 0.6 is 0 Å². The quantitative estimate of drug-likeness (QED) is 0.135. The van der Waals surface area contributed by atoms with Crippen molar-refractivity contribution in [2.24, 2.45) is 0 Å². The van der Waals surface area contributed by atoms with Gasteiger partial charge in [0.25, 0.3) is 0 Å². The van der Waals surface area contributed by atoms with E-state index in [-0.39, 0.29) is 22.7 Å². The maximum atomic E-state index is 13.1. The van der Waals surface area contributed by atoms with E-state index in [9.17, 15) is 61.0 Å². The van der Waals surface area contributed by atoms with Gasteiger partial charge >= 0.3 is 0 Å². The lowest BCUT2D eigenvalue weighted by atomic mass is 9.89. The van der Waals surface area contributed by atoms with Crippen LogP contribution in [-0.4, -0.2) is 125 Å². The van der Waals surface area contributed by atoms with E-state index < -0.39 is 108 Å². The van der Waals surface area contributed by atoms with Crippen LogP contribution in [0.2, 0.25) is 0 Å². The third-order valence-electron chi connectivity index (χ3n) is 7.52. The molecule has 3 heterocycles. The van der Waals surface area contributed by atoms with Gasteiger partial charge in [-0.05, 0) is 18.2 Å². The van der Waals surface area contributed by atoms with Crippen LogP contribution in [0, 0.1) is 0 Å². The molecule has 5 rings (SSSR count). The molecule has 2 aliphatic heterocycles. The van der Waals surface area contributed by atoms with Gasteiger partial charge in [-0.2, -0.15) is 0 Å². The monoisotopic (exact) mass is 610 g/mol. The van der Waals surface area contributed by atoms with E-state index in [1.165, 1.54) is 12.1 Å². The predicted molar refractivity (Wildman–Crippen MR) is 140 cm³/mol. The van der Waals surface area contributed by atoms with E-state index in [1.807, 2.05) is 0 Å². The Morgan fingerprint density at radius 3 is 2.09 bits per heavy atom. The summed E-state index contributed by atoms with van der Waals surface area (Å²) < 4.78 is 21.6. The van der Waals surface area contributed by atoms with E-state index in [0.717, 1.165) is 18.2 Å². The van der Waals surface area contributed by atoms with Crippen molar-refractivity contribution in [2.75, 3.05) is 13.2 Å². The molecule has 16 nitrogen and oxygen atoms in total. The minimum atomic E-state index is -1.85. The molecule has 0 amide bonds. The zero-order valence-corrected chi connectivity index (χ0v) is 22.0. The van der Waals surface area contributed by atoms with Crippen molar-refractivity contribution >= 4 is 11.0 Å². The summed E-state index contributed by atoms with van der Waals surface area (Å²) in [6.45, 7) is -1.19. The van der Waals surface area contributed by atoms with E-state index in [0.29, 0.717) is 0 Å². The van der Waals surface area contributed by atoms with Gasteiger partial charge in [0, 0.05) is 17.7 Å². The highest BCUT2D eigenvalue weighted by Gasteiger charge is 2.46. The fourth-order valence-corrected chi connectivity index (χ4v) is 5.10. The number of rotatable bonds is 6. The third kappa shape index (κ3) is 5.49. The first kappa shape index (κ1) is 30.9. The number of aliphatic hydroxyl groups excluding tert-OH is 8. The molecule has 3 aromatic rings. The summed E-state index contributed by atoms with van der Waals surface area (Å²) in [6, 6.07) is 5.76. The van der Waals surface area contributed by atoms with Crippen molar-refractivity contribution < 1.29 is 74.8 Å². The second kappa shape index (κ2) is 11.9. The summed E-state index contributed by atoms with van der Waals surface area (Å²) in [4.78, 5) is 13.1. The van der Waals surface area contributed by atoms with Gasteiger partial charge in [0.05, 0.1) is 12.2 Å². The van der Waals surface area contributed by atoms with Gasteiger partial charge in [-0.15, -0.1) is 0 Å². The van der Waals surface area contributed by atoms with Crippen molar-refractivity contribution in [2.45, 2.75) is 61.2 Å². The molecule has 0 unspecified atom stereocenters. The van der Waals surface area contributed by atoms with E-state index in [2.05, 4.69) is 0 Å². The molecule has 1 aromatic heterocycles. The molecule has 10 atom stereocenters. The van der Waals surface area contributed by atoms with Crippen LogP contribution in [-0.2, 0) is 9.47 Å². The van der Waals surface area contributed by atoms with Crippen LogP contribution in [0.15, 0.2) is 39.5 Å². The minimum Gasteiger partial charge on any atom is -0.507 e. The summed E-state index contributed by atoms with van der Waals surface area (Å²) in [7, 11) is 0. The maximum absolute atomic E-state index is 13.1. The molecule has 43 heavy (non-hydrogen) atoms. The van der Waals surface area contributed by atoms with Crippen LogP contribution in [0.25, 0.3) is 22.3 Å². The lowest BCUT2D eigenvalue weighted by molar-refractivity contribution is -0.285. The summed E-state index contributed by atoms with van der Waals surface area (Å²) >= 11 is 0. The first-order chi connectivity index (χ1) is 20.3. The molecule has 234 valence electrons. The number of hydrogen-bond donors (Lipinski definition) is 11. The summed E-state index contributed by atoms with van der Waals surface area (Å²) in [6.07, 6.45) is -16.4. The molecule has 2 fully saturated rings. The highest BCUT2D eigenvalue weighted by molar-refractivity contribution is 5.88. The standard InChI is InChI=1S/C27H30O16/c28-6-15-19(32)22(35)24(37)26(42-15)18-11(31)5-14-17(21(18)34)10(30)4-13(41-14)8-1-2-12(9(29)3-8)40-7-16-20(33)23(36)25(38)27(39)43-16/h1-5,15-16,19-20,22-29,31-39H,6-7H2/t15-,16-,19-,20-,22+,23+,24-,25-,26+,27-/m1/s1. The van der Waals surface area contributed by atoms with Crippen molar-refractivity contribution in [3.63, 3.8) is 0 Å². The van der Waals surface area contributed by atoms with E-state index >= 15 is 0 Å². The zero-order chi connectivity index (χ0) is 31.3. The molecular formula is C27H30O16. The van der Waals surface area contributed by atoms with Gasteiger partial charge in [-0.25, -0.2) is 0 Å². The van der Waals surface area contributed by atoms with Gasteiger partial charge in [-0.3, -0.25) is 4.79 Å². The normalized spacial score (nSPS) is 33.0. The number of aromatic hydroxyl groups is 3. The van der Waals surface area contributed by atoms with Crippen LogP contribution in [0.4, 0.5) is 0 Å². The highest BCUT2D eigenvalue weighted by atomic mass is 16.6. The zero-order valence-electron chi connectivity index (χ0n) is 22.0. The van der Waals surface area contributed by atoms with Gasteiger partial charge in [-0.1, -0.05) is 0 Å². The Hall–Kier alpha value is -3.55. The Morgan fingerprint density at radius 2 is 1.42 bits per heavy atom. The second-order valence-electron chi connectivity index (χ2n) is 10.3. The van der Waals surface area contributed by atoms with Crippen molar-refractivity contribution in [1.82, 2.24) is 0 Å². The fourth-order valence-electron chi connectivity index (χ4n) is 5.10. The lowest BCUT2D eigenvalue weighted by Gasteiger charge is -2.40. The van der Waals surface area contributed by atoms with Crippen molar-refractivity contribution in [3.8, 4) is 34.3 Å². The molecule has 2 aromatic carbocycles. The largest absolute Gasteiger partial charge is 0.507 e. The average molecular weight is 611 g/mol. The number of aliphatic hydroxyl groups is 8. The average Bonchev–Trinajstić information content (AvgIpc) is 2.97. The minimum absolute atomic E-state index is 0.106. The summed E-state index contributed by atoms with van der Waals surface area (Å²) in [5, 5.41) is 111. The molecule has 0 radical (unpaired) electrons. The number of fused-ring (bicyclic) bond motifs is 1. The summed E-state index contributed by atoms with van der Waals surface area (Å²) in [5.74, 6) is -2.20. The smallest absolute Gasteiger partial charge is 0.197 e. The Labute approximate surface area is 241 Å². The van der Waals surface area contributed by atoms with E-state index in [1.54, 1.807) is 0 Å². The Morgan fingerprint density at radius 1 is 0.744 bits per heavy atom. The van der Waals surface area contributed by atoms with Gasteiger partial charge in [0.1, 0.15) is 89.8 Å². The molecule has 0 bridgehead atoms. The van der Waals surface area contributed by atoms with Gasteiger partial charge in [0.2, 0.25) is 0 Å².